The number of amides is 1. The summed E-state index contributed by atoms with van der Waals surface area (Å²) in [4.78, 5) is 14.0. The molecular weight excluding hydrogens is 250 g/mol. The van der Waals surface area contributed by atoms with E-state index in [0.717, 1.165) is 18.9 Å². The van der Waals surface area contributed by atoms with Crippen LogP contribution in [-0.4, -0.2) is 29.9 Å². The third kappa shape index (κ3) is 2.34. The zero-order valence-corrected chi connectivity index (χ0v) is 10.5. The number of benzene rings is 1. The average Bonchev–Trinajstić information content (AvgIpc) is 3.07. The minimum atomic E-state index is -0.849. The van der Waals surface area contributed by atoms with Crippen molar-refractivity contribution in [2.24, 2.45) is 11.7 Å². The summed E-state index contributed by atoms with van der Waals surface area (Å²) in [5.41, 5.74) is 6.49. The highest BCUT2D eigenvalue weighted by Crippen LogP contribution is 2.48. The molecule has 102 valence electrons. The van der Waals surface area contributed by atoms with E-state index < -0.39 is 11.6 Å². The maximum absolute atomic E-state index is 13.2. The summed E-state index contributed by atoms with van der Waals surface area (Å²) in [6.45, 7) is 1.32. The third-order valence-electron chi connectivity index (χ3n) is 4.02. The Morgan fingerprint density at radius 1 is 1.32 bits per heavy atom. The topological polar surface area (TPSA) is 46.3 Å². The van der Waals surface area contributed by atoms with E-state index in [9.17, 15) is 13.6 Å². The molecule has 1 aliphatic heterocycles. The summed E-state index contributed by atoms with van der Waals surface area (Å²) in [6, 6.07) is 3.95. The molecule has 19 heavy (non-hydrogen) atoms. The summed E-state index contributed by atoms with van der Waals surface area (Å²) in [5.74, 6) is -1.66. The first-order valence-corrected chi connectivity index (χ1v) is 6.55. The molecule has 1 saturated heterocycles. The Labute approximate surface area is 110 Å². The van der Waals surface area contributed by atoms with Crippen molar-refractivity contribution in [2.75, 3.05) is 13.1 Å². The van der Waals surface area contributed by atoms with Crippen LogP contribution in [0.4, 0.5) is 8.78 Å². The van der Waals surface area contributed by atoms with Crippen molar-refractivity contribution in [1.29, 1.82) is 0 Å². The normalized spacial score (nSPS) is 29.6. The number of carbonyl (C=O) groups excluding carboxylic acids is 1. The Morgan fingerprint density at radius 3 is 2.74 bits per heavy atom. The van der Waals surface area contributed by atoms with E-state index in [1.807, 2.05) is 0 Å². The number of rotatable bonds is 2. The van der Waals surface area contributed by atoms with Crippen molar-refractivity contribution in [2.45, 2.75) is 24.8 Å². The van der Waals surface area contributed by atoms with Crippen molar-refractivity contribution in [3.8, 4) is 0 Å². The van der Waals surface area contributed by atoms with Gasteiger partial charge in [-0.05, 0) is 36.5 Å². The largest absolute Gasteiger partial charge is 0.341 e. The summed E-state index contributed by atoms with van der Waals surface area (Å²) in [6.07, 6.45) is 1.56. The predicted octanol–water partition coefficient (Wildman–Crippen LogP) is 1.63. The zero-order chi connectivity index (χ0) is 13.6. The molecule has 0 spiro atoms. The monoisotopic (exact) mass is 266 g/mol. The van der Waals surface area contributed by atoms with Crippen LogP contribution in [0.1, 0.15) is 24.3 Å². The molecule has 0 radical (unpaired) electrons. The Hall–Kier alpha value is -1.49. The molecule has 1 aromatic rings. The van der Waals surface area contributed by atoms with Crippen LogP contribution in [0.2, 0.25) is 0 Å². The lowest BCUT2D eigenvalue weighted by atomic mass is 10.1. The molecule has 1 heterocycles. The third-order valence-corrected chi connectivity index (χ3v) is 4.02. The minimum Gasteiger partial charge on any atom is -0.341 e. The standard InChI is InChI=1S/C14H16F2N2O/c15-12-2-1-8(5-13(12)16)10-6-11(10)14(19)18-4-3-9(17)7-18/h1-2,5,9-11H,3-4,6-7,17H2/t9-,10?,11?/m1/s1. The minimum absolute atomic E-state index is 0.0272. The van der Waals surface area contributed by atoms with Gasteiger partial charge in [-0.3, -0.25) is 4.79 Å². The Morgan fingerprint density at radius 2 is 2.11 bits per heavy atom. The van der Waals surface area contributed by atoms with Crippen LogP contribution in [0, 0.1) is 17.6 Å². The SMILES string of the molecule is N[C@@H]1CCN(C(=O)C2CC2c2ccc(F)c(F)c2)C1. The van der Waals surface area contributed by atoms with Gasteiger partial charge in [0.2, 0.25) is 5.91 Å². The number of nitrogens with two attached hydrogens (primary N) is 1. The zero-order valence-electron chi connectivity index (χ0n) is 10.5. The van der Waals surface area contributed by atoms with Gasteiger partial charge in [0.05, 0.1) is 0 Å². The van der Waals surface area contributed by atoms with Gasteiger partial charge in [0.25, 0.3) is 0 Å². The van der Waals surface area contributed by atoms with Crippen molar-refractivity contribution in [3.63, 3.8) is 0 Å². The first-order valence-electron chi connectivity index (χ1n) is 6.55. The van der Waals surface area contributed by atoms with Crippen LogP contribution in [0.3, 0.4) is 0 Å². The lowest BCUT2D eigenvalue weighted by Crippen LogP contribution is -2.33. The summed E-state index contributed by atoms with van der Waals surface area (Å²) >= 11 is 0. The predicted molar refractivity (Wildman–Crippen MR) is 66.4 cm³/mol. The lowest BCUT2D eigenvalue weighted by Gasteiger charge is -2.15. The van der Waals surface area contributed by atoms with Crippen molar-refractivity contribution in [3.05, 3.63) is 35.4 Å². The highest BCUT2D eigenvalue weighted by atomic mass is 19.2. The summed E-state index contributed by atoms with van der Waals surface area (Å²) < 4.78 is 26.0. The van der Waals surface area contributed by atoms with Crippen LogP contribution in [0.15, 0.2) is 18.2 Å². The molecule has 5 heteroatoms. The number of halogens is 2. The van der Waals surface area contributed by atoms with E-state index in [-0.39, 0.29) is 23.8 Å². The molecule has 3 rings (SSSR count). The summed E-state index contributed by atoms with van der Waals surface area (Å²) in [7, 11) is 0. The molecule has 0 aromatic heterocycles. The number of hydrogen-bond acceptors (Lipinski definition) is 2. The first-order chi connectivity index (χ1) is 9.06. The molecule has 2 unspecified atom stereocenters. The smallest absolute Gasteiger partial charge is 0.226 e. The molecule has 1 aliphatic carbocycles. The van der Waals surface area contributed by atoms with Gasteiger partial charge in [0.1, 0.15) is 0 Å². The fourth-order valence-electron chi connectivity index (χ4n) is 2.80. The van der Waals surface area contributed by atoms with Crippen LogP contribution in [-0.2, 0) is 4.79 Å². The number of likely N-dealkylation sites (tertiary alicyclic amines) is 1. The fraction of sp³-hybridized carbons (Fsp3) is 0.500. The highest BCUT2D eigenvalue weighted by Gasteiger charge is 2.46. The molecule has 2 N–H and O–H groups in total. The second kappa shape index (κ2) is 4.56. The van der Waals surface area contributed by atoms with Gasteiger partial charge in [-0.2, -0.15) is 0 Å². The average molecular weight is 266 g/mol. The molecule has 2 aliphatic rings. The van der Waals surface area contributed by atoms with Gasteiger partial charge in [-0.25, -0.2) is 8.78 Å². The Balaban J connectivity index is 1.67. The van der Waals surface area contributed by atoms with E-state index >= 15 is 0 Å². The number of hydrogen-bond donors (Lipinski definition) is 1. The Kier molecular flexibility index (Phi) is 3.01. The molecule has 3 nitrogen and oxygen atoms in total. The molecule has 3 atom stereocenters. The number of nitrogens with zero attached hydrogens (tertiary/aromatic N) is 1. The highest BCUT2D eigenvalue weighted by molar-refractivity contribution is 5.83. The molecule has 2 fully saturated rings. The Bertz CT molecular complexity index is 520. The maximum atomic E-state index is 13.2. The molecule has 1 amide bonds. The van der Waals surface area contributed by atoms with Crippen LogP contribution < -0.4 is 5.73 Å². The van der Waals surface area contributed by atoms with Crippen molar-refractivity contribution < 1.29 is 13.6 Å². The van der Waals surface area contributed by atoms with Gasteiger partial charge in [-0.15, -0.1) is 0 Å². The van der Waals surface area contributed by atoms with Gasteiger partial charge in [0.15, 0.2) is 11.6 Å². The van der Waals surface area contributed by atoms with Crippen molar-refractivity contribution >= 4 is 5.91 Å². The van der Waals surface area contributed by atoms with Gasteiger partial charge in [0, 0.05) is 25.0 Å². The lowest BCUT2D eigenvalue weighted by molar-refractivity contribution is -0.131. The van der Waals surface area contributed by atoms with E-state index in [0.29, 0.717) is 18.7 Å². The number of carbonyl (C=O) groups is 1. The van der Waals surface area contributed by atoms with E-state index in [4.69, 9.17) is 5.73 Å². The quantitative estimate of drug-likeness (QED) is 0.884. The summed E-state index contributed by atoms with van der Waals surface area (Å²) in [5, 5.41) is 0. The van der Waals surface area contributed by atoms with Crippen LogP contribution >= 0.6 is 0 Å². The van der Waals surface area contributed by atoms with Gasteiger partial charge in [-0.1, -0.05) is 6.07 Å². The van der Waals surface area contributed by atoms with Crippen LogP contribution in [0.5, 0.6) is 0 Å². The van der Waals surface area contributed by atoms with Crippen LogP contribution in [0.25, 0.3) is 0 Å². The first kappa shape index (κ1) is 12.5. The molecule has 1 aromatic carbocycles. The fourth-order valence-corrected chi connectivity index (χ4v) is 2.80. The second-order valence-electron chi connectivity index (χ2n) is 5.46. The van der Waals surface area contributed by atoms with Gasteiger partial charge >= 0.3 is 0 Å². The van der Waals surface area contributed by atoms with Gasteiger partial charge < -0.3 is 10.6 Å². The molecular formula is C14H16F2N2O. The van der Waals surface area contributed by atoms with Crippen molar-refractivity contribution in [1.82, 2.24) is 4.90 Å². The van der Waals surface area contributed by atoms with E-state index in [1.54, 1.807) is 11.0 Å². The maximum Gasteiger partial charge on any atom is 0.226 e. The second-order valence-corrected chi connectivity index (χ2v) is 5.46. The molecule has 1 saturated carbocycles. The van der Waals surface area contributed by atoms with E-state index in [1.165, 1.54) is 6.07 Å². The molecule has 0 bridgehead atoms. The van der Waals surface area contributed by atoms with E-state index in [2.05, 4.69) is 0 Å².